The van der Waals surface area contributed by atoms with Crippen LogP contribution in [0, 0.1) is 0 Å². The van der Waals surface area contributed by atoms with Crippen molar-refractivity contribution in [3.8, 4) is 0 Å². The topological polar surface area (TPSA) is 55.4 Å². The van der Waals surface area contributed by atoms with Crippen molar-refractivity contribution in [1.29, 1.82) is 0 Å². The SMILES string of the molecule is CCCCCCCO[C@@H]1[C@@H](COC(c2ccccc2)(c2ccccc2)c2ccccc2)O[C@@]2(COC(c3ccccc3)(c3ccccc3)c3ccccc3)OC(C)(C)O[C@@H]12. The van der Waals surface area contributed by atoms with Crippen molar-refractivity contribution in [2.75, 3.05) is 19.8 Å². The molecule has 0 bridgehead atoms. The average Bonchev–Trinajstić information content (AvgIpc) is 3.73. The van der Waals surface area contributed by atoms with E-state index in [4.69, 9.17) is 28.4 Å². The molecular formula is C54H58O6. The lowest BCUT2D eigenvalue weighted by atomic mass is 9.80. The molecule has 60 heavy (non-hydrogen) atoms. The first-order valence-corrected chi connectivity index (χ1v) is 21.7. The van der Waals surface area contributed by atoms with Gasteiger partial charge in [-0.25, -0.2) is 0 Å². The van der Waals surface area contributed by atoms with E-state index in [-0.39, 0.29) is 13.2 Å². The number of hydrogen-bond acceptors (Lipinski definition) is 6. The molecule has 2 saturated heterocycles. The Balaban J connectivity index is 1.19. The lowest BCUT2D eigenvalue weighted by molar-refractivity contribution is -0.290. The molecule has 0 aliphatic carbocycles. The molecule has 6 heteroatoms. The third-order valence-electron chi connectivity index (χ3n) is 11.9. The Morgan fingerprint density at radius 1 is 0.483 bits per heavy atom. The van der Waals surface area contributed by atoms with Gasteiger partial charge in [0.2, 0.25) is 5.79 Å². The van der Waals surface area contributed by atoms with E-state index >= 15 is 0 Å². The maximum atomic E-state index is 7.46. The van der Waals surface area contributed by atoms with Gasteiger partial charge < -0.3 is 28.4 Å². The molecular weight excluding hydrogens is 745 g/mol. The second-order valence-corrected chi connectivity index (χ2v) is 16.4. The van der Waals surface area contributed by atoms with E-state index in [0.29, 0.717) is 6.61 Å². The number of benzene rings is 6. The van der Waals surface area contributed by atoms with Crippen LogP contribution in [0.25, 0.3) is 0 Å². The minimum atomic E-state index is -1.33. The summed E-state index contributed by atoms with van der Waals surface area (Å²) in [6.45, 7) is 6.91. The lowest BCUT2D eigenvalue weighted by Gasteiger charge is -2.39. The molecule has 0 N–H and O–H groups in total. The van der Waals surface area contributed by atoms with Gasteiger partial charge in [-0.2, -0.15) is 0 Å². The normalized spacial score (nSPS) is 21.1. The molecule has 6 aromatic carbocycles. The fourth-order valence-electron chi connectivity index (χ4n) is 9.17. The number of fused-ring (bicyclic) bond motifs is 1. The highest BCUT2D eigenvalue weighted by Crippen LogP contribution is 2.50. The van der Waals surface area contributed by atoms with Crippen LogP contribution in [-0.4, -0.2) is 49.7 Å². The van der Waals surface area contributed by atoms with Crippen LogP contribution in [0.15, 0.2) is 182 Å². The molecule has 2 aliphatic rings. The molecule has 6 nitrogen and oxygen atoms in total. The Hall–Kier alpha value is -4.92. The number of hydrogen-bond donors (Lipinski definition) is 0. The maximum Gasteiger partial charge on any atom is 0.224 e. The first-order chi connectivity index (χ1) is 29.4. The fraction of sp³-hybridized carbons (Fsp3) is 0.333. The summed E-state index contributed by atoms with van der Waals surface area (Å²) in [6.07, 6.45) is 3.91. The van der Waals surface area contributed by atoms with Gasteiger partial charge >= 0.3 is 0 Å². The van der Waals surface area contributed by atoms with E-state index in [1.165, 1.54) is 19.3 Å². The zero-order valence-corrected chi connectivity index (χ0v) is 35.2. The molecule has 0 aromatic heterocycles. The molecule has 2 heterocycles. The van der Waals surface area contributed by atoms with Crippen molar-refractivity contribution in [2.45, 2.75) is 94.0 Å². The largest absolute Gasteiger partial charge is 0.372 e. The van der Waals surface area contributed by atoms with Crippen LogP contribution >= 0.6 is 0 Å². The Morgan fingerprint density at radius 2 is 0.867 bits per heavy atom. The van der Waals surface area contributed by atoms with Gasteiger partial charge in [0.05, 0.1) is 6.61 Å². The third kappa shape index (κ3) is 8.51. The van der Waals surface area contributed by atoms with Gasteiger partial charge in [0.1, 0.15) is 36.1 Å². The molecule has 8 rings (SSSR count). The smallest absolute Gasteiger partial charge is 0.224 e. The summed E-state index contributed by atoms with van der Waals surface area (Å²) in [5, 5.41) is 0. The summed E-state index contributed by atoms with van der Waals surface area (Å²) in [5.74, 6) is -2.30. The van der Waals surface area contributed by atoms with Crippen LogP contribution < -0.4 is 0 Å². The van der Waals surface area contributed by atoms with Gasteiger partial charge in [-0.05, 0) is 53.6 Å². The van der Waals surface area contributed by atoms with E-state index in [1.807, 2.05) is 50.2 Å². The van der Waals surface area contributed by atoms with Crippen LogP contribution in [0.4, 0.5) is 0 Å². The zero-order valence-electron chi connectivity index (χ0n) is 35.2. The summed E-state index contributed by atoms with van der Waals surface area (Å²) < 4.78 is 43.0. The minimum Gasteiger partial charge on any atom is -0.372 e. The molecule has 0 saturated carbocycles. The predicted molar refractivity (Wildman–Crippen MR) is 236 cm³/mol. The van der Waals surface area contributed by atoms with Gasteiger partial charge in [0, 0.05) is 6.61 Å². The molecule has 2 fully saturated rings. The summed E-state index contributed by atoms with van der Waals surface area (Å²) in [7, 11) is 0. The first kappa shape index (κ1) is 41.8. The summed E-state index contributed by atoms with van der Waals surface area (Å²) in [4.78, 5) is 0. The van der Waals surface area contributed by atoms with Gasteiger partial charge in [-0.1, -0.05) is 215 Å². The van der Waals surface area contributed by atoms with Crippen LogP contribution in [0.1, 0.15) is 86.3 Å². The fourth-order valence-corrected chi connectivity index (χ4v) is 9.17. The van der Waals surface area contributed by atoms with Crippen LogP contribution in [-0.2, 0) is 39.6 Å². The third-order valence-corrected chi connectivity index (χ3v) is 11.9. The Bertz CT molecular complexity index is 1990. The monoisotopic (exact) mass is 802 g/mol. The van der Waals surface area contributed by atoms with Crippen molar-refractivity contribution in [3.05, 3.63) is 215 Å². The molecule has 2 aliphatic heterocycles. The van der Waals surface area contributed by atoms with E-state index < -0.39 is 41.1 Å². The standard InChI is InChI=1S/C54H58O6/c1-4-5-6-7-26-39-55-49-48(40-56-53(42-27-14-8-15-28-42,43-29-16-9-17-30-43)44-31-18-10-19-32-44)58-52(50(49)59-51(2,3)60-52)41-57-54(45-33-20-11-21-34-45,46-35-22-12-23-36-46)47-37-24-13-25-38-47/h8-25,27-38,48-50H,4-7,26,39-41H2,1-3H3/t48-,49-,50+,52+/m1/s1. The molecule has 0 spiro atoms. The first-order valence-electron chi connectivity index (χ1n) is 21.7. The van der Waals surface area contributed by atoms with Gasteiger partial charge in [-0.3, -0.25) is 0 Å². The molecule has 0 amide bonds. The minimum absolute atomic E-state index is 0.0494. The van der Waals surface area contributed by atoms with Gasteiger partial charge in [0.15, 0.2) is 5.79 Å². The molecule has 6 aromatic rings. The second kappa shape index (κ2) is 18.8. The highest BCUT2D eigenvalue weighted by atomic mass is 16.9. The van der Waals surface area contributed by atoms with Crippen LogP contribution in [0.2, 0.25) is 0 Å². The quantitative estimate of drug-likeness (QED) is 0.0601. The molecule has 310 valence electrons. The van der Waals surface area contributed by atoms with Gasteiger partial charge in [-0.15, -0.1) is 0 Å². The maximum absolute atomic E-state index is 7.46. The predicted octanol–water partition coefficient (Wildman–Crippen LogP) is 11.6. The van der Waals surface area contributed by atoms with E-state index in [2.05, 4.69) is 153 Å². The van der Waals surface area contributed by atoms with Crippen molar-refractivity contribution < 1.29 is 28.4 Å². The van der Waals surface area contributed by atoms with E-state index in [0.717, 1.165) is 46.2 Å². The van der Waals surface area contributed by atoms with Crippen molar-refractivity contribution >= 4 is 0 Å². The summed E-state index contributed by atoms with van der Waals surface area (Å²) in [6, 6.07) is 62.5. The van der Waals surface area contributed by atoms with Crippen LogP contribution in [0.3, 0.4) is 0 Å². The van der Waals surface area contributed by atoms with Crippen molar-refractivity contribution in [3.63, 3.8) is 0 Å². The molecule has 0 radical (unpaired) electrons. The highest BCUT2D eigenvalue weighted by molar-refractivity contribution is 5.49. The van der Waals surface area contributed by atoms with Crippen LogP contribution in [0.5, 0.6) is 0 Å². The molecule has 4 atom stereocenters. The number of ether oxygens (including phenoxy) is 6. The molecule has 0 unspecified atom stereocenters. The van der Waals surface area contributed by atoms with Crippen molar-refractivity contribution in [2.24, 2.45) is 0 Å². The van der Waals surface area contributed by atoms with E-state index in [9.17, 15) is 0 Å². The van der Waals surface area contributed by atoms with Gasteiger partial charge in [0.25, 0.3) is 0 Å². The van der Waals surface area contributed by atoms with E-state index in [1.54, 1.807) is 0 Å². The Labute approximate surface area is 356 Å². The lowest BCUT2D eigenvalue weighted by Crippen LogP contribution is -2.48. The summed E-state index contributed by atoms with van der Waals surface area (Å²) in [5.41, 5.74) is 4.05. The zero-order chi connectivity index (χ0) is 41.3. The highest BCUT2D eigenvalue weighted by Gasteiger charge is 2.66. The summed E-state index contributed by atoms with van der Waals surface area (Å²) >= 11 is 0. The Kier molecular flexibility index (Phi) is 13.1. The number of unbranched alkanes of at least 4 members (excludes halogenated alkanes) is 4. The second-order valence-electron chi connectivity index (χ2n) is 16.4. The Morgan fingerprint density at radius 3 is 1.27 bits per heavy atom. The average molecular weight is 803 g/mol. The number of rotatable bonds is 19. The van der Waals surface area contributed by atoms with Crippen molar-refractivity contribution in [1.82, 2.24) is 0 Å².